The van der Waals surface area contributed by atoms with Crippen LogP contribution in [0.5, 0.6) is 0 Å². The van der Waals surface area contributed by atoms with Gasteiger partial charge in [-0.05, 0) is 29.8 Å². The monoisotopic (exact) mass is 331 g/mol. The van der Waals surface area contributed by atoms with Gasteiger partial charge in [-0.25, -0.2) is 0 Å². The van der Waals surface area contributed by atoms with Crippen molar-refractivity contribution in [3.63, 3.8) is 0 Å². The van der Waals surface area contributed by atoms with Crippen molar-refractivity contribution in [2.45, 2.75) is 5.92 Å². The van der Waals surface area contributed by atoms with Gasteiger partial charge in [0.15, 0.2) is 0 Å². The molecule has 0 radical (unpaired) electrons. The van der Waals surface area contributed by atoms with Crippen LogP contribution in [0, 0.1) is 0 Å². The number of rotatable bonds is 2. The Morgan fingerprint density at radius 1 is 1.09 bits per heavy atom. The number of fused-ring (bicyclic) bond motifs is 1. The lowest BCUT2D eigenvalue weighted by Gasteiger charge is -2.15. The molecule has 2 aromatic rings. The maximum absolute atomic E-state index is 11.5. The lowest BCUT2D eigenvalue weighted by Crippen LogP contribution is -2.13. The van der Waals surface area contributed by atoms with Gasteiger partial charge in [0, 0.05) is 27.4 Å². The topological polar surface area (TPSA) is 49.7 Å². The zero-order valence-corrected chi connectivity index (χ0v) is 12.8. The van der Waals surface area contributed by atoms with Gasteiger partial charge >= 0.3 is 5.97 Å². The van der Waals surface area contributed by atoms with Crippen LogP contribution >= 0.6 is 23.2 Å². The molecule has 0 saturated heterocycles. The highest BCUT2D eigenvalue weighted by Crippen LogP contribution is 2.31. The number of aliphatic carboxylic acids is 1. The van der Waals surface area contributed by atoms with Gasteiger partial charge in [-0.1, -0.05) is 47.5 Å². The molecule has 0 fully saturated rings. The van der Waals surface area contributed by atoms with E-state index in [4.69, 9.17) is 23.2 Å². The molecule has 0 spiro atoms. The Labute approximate surface area is 137 Å². The average Bonchev–Trinajstić information content (AvgIpc) is 2.67. The van der Waals surface area contributed by atoms with E-state index in [1.807, 2.05) is 18.2 Å². The summed E-state index contributed by atoms with van der Waals surface area (Å²) in [5, 5.41) is 10.5. The van der Waals surface area contributed by atoms with Crippen LogP contribution in [0.25, 0.3) is 0 Å². The van der Waals surface area contributed by atoms with Gasteiger partial charge in [0.25, 0.3) is 0 Å². The van der Waals surface area contributed by atoms with Gasteiger partial charge in [0.2, 0.25) is 0 Å². The number of carboxylic acid groups (broad SMARTS) is 1. The molecule has 0 aromatic heterocycles. The third kappa shape index (κ3) is 2.65. The van der Waals surface area contributed by atoms with E-state index in [0.29, 0.717) is 26.9 Å². The van der Waals surface area contributed by atoms with Crippen LogP contribution in [0.15, 0.2) is 59.7 Å². The van der Waals surface area contributed by atoms with Crippen molar-refractivity contribution < 1.29 is 9.90 Å². The number of hydrogen-bond acceptors (Lipinski definition) is 2. The lowest BCUT2D eigenvalue weighted by molar-refractivity contribution is -0.137. The summed E-state index contributed by atoms with van der Waals surface area (Å²) in [5.74, 6) is -1.70. The first kappa shape index (κ1) is 14.8. The minimum atomic E-state index is -0.935. The standard InChI is InChI=1S/C17H11Cl2NO2/c18-10-5-6-11-12(17(21)22)7-8-20-16(14(11)9-10)13-3-1-2-4-15(13)19/h1-9,12H,(H,21,22). The Morgan fingerprint density at radius 2 is 1.86 bits per heavy atom. The molecule has 1 N–H and O–H groups in total. The van der Waals surface area contributed by atoms with E-state index in [-0.39, 0.29) is 0 Å². The first-order chi connectivity index (χ1) is 10.6. The van der Waals surface area contributed by atoms with E-state index in [1.165, 1.54) is 6.20 Å². The molecular weight excluding hydrogens is 321 g/mol. The zero-order chi connectivity index (χ0) is 15.7. The molecule has 1 atom stereocenters. The second-order valence-electron chi connectivity index (χ2n) is 4.85. The molecule has 1 unspecified atom stereocenters. The van der Waals surface area contributed by atoms with Gasteiger partial charge in [0.1, 0.15) is 5.92 Å². The van der Waals surface area contributed by atoms with Gasteiger partial charge in [-0.3, -0.25) is 9.79 Å². The van der Waals surface area contributed by atoms with Crippen molar-refractivity contribution >= 4 is 34.9 Å². The number of hydrogen-bond donors (Lipinski definition) is 1. The Kier molecular flexibility index (Phi) is 4.01. The van der Waals surface area contributed by atoms with Crippen LogP contribution in [0.3, 0.4) is 0 Å². The number of carboxylic acids is 1. The number of carbonyl (C=O) groups is 1. The van der Waals surface area contributed by atoms with Crippen LogP contribution in [-0.4, -0.2) is 16.8 Å². The second kappa shape index (κ2) is 5.95. The van der Waals surface area contributed by atoms with Gasteiger partial charge in [-0.15, -0.1) is 0 Å². The maximum atomic E-state index is 11.5. The SMILES string of the molecule is O=C(O)C1C=CN=C(c2ccccc2Cl)c2cc(Cl)ccc21. The fraction of sp³-hybridized carbons (Fsp3) is 0.0588. The van der Waals surface area contributed by atoms with Crippen molar-refractivity contribution in [3.05, 3.63) is 81.5 Å². The van der Waals surface area contributed by atoms with Crippen LogP contribution in [0.1, 0.15) is 22.6 Å². The third-order valence-electron chi connectivity index (χ3n) is 3.48. The molecule has 2 aromatic carbocycles. The van der Waals surface area contributed by atoms with Gasteiger partial charge < -0.3 is 5.11 Å². The second-order valence-corrected chi connectivity index (χ2v) is 5.69. The first-order valence-corrected chi connectivity index (χ1v) is 7.35. The summed E-state index contributed by atoms with van der Waals surface area (Å²) in [7, 11) is 0. The maximum Gasteiger partial charge on any atom is 0.314 e. The molecule has 110 valence electrons. The van der Waals surface area contributed by atoms with E-state index >= 15 is 0 Å². The summed E-state index contributed by atoms with van der Waals surface area (Å²) in [4.78, 5) is 15.9. The summed E-state index contributed by atoms with van der Waals surface area (Å²) in [5.41, 5.74) is 2.67. The number of benzene rings is 2. The minimum absolute atomic E-state index is 0.518. The van der Waals surface area contributed by atoms with Crippen molar-refractivity contribution in [3.8, 4) is 0 Å². The number of nitrogens with zero attached hydrogens (tertiary/aromatic N) is 1. The van der Waals surface area contributed by atoms with Crippen molar-refractivity contribution in [1.82, 2.24) is 0 Å². The summed E-state index contributed by atoms with van der Waals surface area (Å²) in [6, 6.07) is 12.4. The molecular formula is C17H11Cl2NO2. The van der Waals surface area contributed by atoms with Gasteiger partial charge in [-0.2, -0.15) is 0 Å². The average molecular weight is 332 g/mol. The molecule has 0 saturated carbocycles. The fourth-order valence-corrected chi connectivity index (χ4v) is 2.86. The molecule has 22 heavy (non-hydrogen) atoms. The Morgan fingerprint density at radius 3 is 2.59 bits per heavy atom. The summed E-state index contributed by atoms with van der Waals surface area (Å²) >= 11 is 12.4. The summed E-state index contributed by atoms with van der Waals surface area (Å²) < 4.78 is 0. The highest BCUT2D eigenvalue weighted by Gasteiger charge is 2.25. The highest BCUT2D eigenvalue weighted by atomic mass is 35.5. The highest BCUT2D eigenvalue weighted by molar-refractivity contribution is 6.36. The van der Waals surface area contributed by atoms with Crippen LogP contribution in [-0.2, 0) is 4.79 Å². The summed E-state index contributed by atoms with van der Waals surface area (Å²) in [6.07, 6.45) is 3.06. The van der Waals surface area contributed by atoms with E-state index in [1.54, 1.807) is 30.3 Å². The predicted molar refractivity (Wildman–Crippen MR) is 88.1 cm³/mol. The largest absolute Gasteiger partial charge is 0.481 e. The molecule has 0 amide bonds. The van der Waals surface area contributed by atoms with E-state index < -0.39 is 11.9 Å². The molecule has 1 aliphatic heterocycles. The molecule has 3 rings (SSSR count). The fourth-order valence-electron chi connectivity index (χ4n) is 2.46. The van der Waals surface area contributed by atoms with E-state index in [9.17, 15) is 9.90 Å². The smallest absolute Gasteiger partial charge is 0.314 e. The first-order valence-electron chi connectivity index (χ1n) is 6.60. The molecule has 0 aliphatic carbocycles. The normalized spacial score (nSPS) is 16.6. The van der Waals surface area contributed by atoms with E-state index in [2.05, 4.69) is 4.99 Å². The Balaban J connectivity index is 2.25. The van der Waals surface area contributed by atoms with Crippen molar-refractivity contribution in [2.24, 2.45) is 4.99 Å². The van der Waals surface area contributed by atoms with E-state index in [0.717, 1.165) is 5.56 Å². The molecule has 0 bridgehead atoms. The zero-order valence-electron chi connectivity index (χ0n) is 11.3. The lowest BCUT2D eigenvalue weighted by atomic mass is 9.90. The van der Waals surface area contributed by atoms with Crippen LogP contribution in [0.4, 0.5) is 0 Å². The molecule has 5 heteroatoms. The Bertz CT molecular complexity index is 812. The van der Waals surface area contributed by atoms with Gasteiger partial charge in [0.05, 0.1) is 5.71 Å². The Hall–Kier alpha value is -2.10. The molecule has 1 aliphatic rings. The van der Waals surface area contributed by atoms with Crippen LogP contribution < -0.4 is 0 Å². The molecule has 1 heterocycles. The van der Waals surface area contributed by atoms with Crippen LogP contribution in [0.2, 0.25) is 10.0 Å². The predicted octanol–water partition coefficient (Wildman–Crippen LogP) is 4.53. The third-order valence-corrected chi connectivity index (χ3v) is 4.05. The van der Waals surface area contributed by atoms with Crippen molar-refractivity contribution in [2.75, 3.05) is 0 Å². The quantitative estimate of drug-likeness (QED) is 0.879. The molecule has 3 nitrogen and oxygen atoms in total. The summed E-state index contributed by atoms with van der Waals surface area (Å²) in [6.45, 7) is 0. The van der Waals surface area contributed by atoms with Crippen molar-refractivity contribution in [1.29, 1.82) is 0 Å². The number of aliphatic imine (C=N–C) groups is 1. The minimum Gasteiger partial charge on any atom is -0.481 e. The number of halogens is 2.